The summed E-state index contributed by atoms with van der Waals surface area (Å²) in [4.78, 5) is 3.32. The topological polar surface area (TPSA) is 92.2 Å². The molecular weight excluding hydrogens is 248 g/mol. The van der Waals surface area contributed by atoms with Crippen LogP contribution < -0.4 is 18.6 Å². The van der Waals surface area contributed by atoms with Crippen LogP contribution in [0.1, 0.15) is 22.6 Å². The normalized spacial score (nSPS) is 15.4. The second kappa shape index (κ2) is 5.32. The maximum Gasteiger partial charge on any atom is 0.242 e. The predicted octanol–water partition coefficient (Wildman–Crippen LogP) is -1.79. The smallest absolute Gasteiger partial charge is 0.222 e. The van der Waals surface area contributed by atoms with E-state index >= 15 is 0 Å². The molecule has 1 aromatic rings. The fourth-order valence-electron chi connectivity index (χ4n) is 1.24. The Morgan fingerprint density at radius 3 is 2.29 bits per heavy atom. The molecule has 0 fully saturated rings. The maximum absolute atomic E-state index is 8.49. The molecule has 0 unspecified atom stereocenters. The molecule has 0 amide bonds. The average molecular weight is 257 g/mol. The van der Waals surface area contributed by atoms with Gasteiger partial charge in [-0.25, -0.2) is 18.6 Å². The first-order chi connectivity index (χ1) is 6.47. The molecule has 1 aliphatic carbocycles. The van der Waals surface area contributed by atoms with Crippen LogP contribution in [0.15, 0.2) is 4.69 Å². The molecule has 0 saturated carbocycles. The summed E-state index contributed by atoms with van der Waals surface area (Å²) in [5.41, 5.74) is 0. The molecule has 1 aromatic heterocycles. The van der Waals surface area contributed by atoms with Crippen LogP contribution >= 0.6 is 22.7 Å². The summed E-state index contributed by atoms with van der Waals surface area (Å²) in [7, 11) is -4.94. The highest BCUT2D eigenvalue weighted by Crippen LogP contribution is 2.29. The molecule has 0 N–H and O–H groups in total. The Morgan fingerprint density at radius 2 is 1.71 bits per heavy atom. The summed E-state index contributed by atoms with van der Waals surface area (Å²) >= 11 is 3.89. The van der Waals surface area contributed by atoms with Crippen LogP contribution in [0.2, 0.25) is 0 Å². The van der Waals surface area contributed by atoms with Crippen LogP contribution in [0.25, 0.3) is 0 Å². The third-order valence-corrected chi connectivity index (χ3v) is 4.12. The lowest BCUT2D eigenvalue weighted by Crippen LogP contribution is -2.68. The Labute approximate surface area is 91.8 Å². The minimum Gasteiger partial charge on any atom is -0.222 e. The summed E-state index contributed by atoms with van der Waals surface area (Å²) in [6.07, 6.45) is 5.54. The van der Waals surface area contributed by atoms with Crippen molar-refractivity contribution in [3.8, 4) is 0 Å². The van der Waals surface area contributed by atoms with Gasteiger partial charge in [0.1, 0.15) is 9.75 Å². The van der Waals surface area contributed by atoms with Gasteiger partial charge >= 0.3 is 0 Å². The fourth-order valence-corrected chi connectivity index (χ4v) is 3.64. The Bertz CT molecular complexity index is 257. The van der Waals surface area contributed by atoms with Crippen molar-refractivity contribution in [3.63, 3.8) is 0 Å². The van der Waals surface area contributed by atoms with E-state index in [2.05, 4.69) is 4.69 Å². The zero-order chi connectivity index (χ0) is 10.6. The number of aryl methyl sites for hydroxylation is 2. The first-order valence-corrected chi connectivity index (χ1v) is 6.95. The highest BCUT2D eigenvalue weighted by Gasteiger charge is 2.18. The number of hydrogen-bond donors (Lipinski definition) is 0. The molecule has 0 radical (unpaired) electrons. The van der Waals surface area contributed by atoms with Crippen LogP contribution in [0.3, 0.4) is 0 Å². The van der Waals surface area contributed by atoms with Gasteiger partial charge in [0.05, 0.1) is 22.7 Å². The van der Waals surface area contributed by atoms with Gasteiger partial charge < -0.3 is 0 Å². The summed E-state index contributed by atoms with van der Waals surface area (Å²) in [6, 6.07) is 0. The molecule has 4 nitrogen and oxygen atoms in total. The second-order valence-corrected chi connectivity index (χ2v) is 5.75. The first kappa shape index (κ1) is 12.3. The highest BCUT2D eigenvalue weighted by molar-refractivity contribution is 7.28. The van der Waals surface area contributed by atoms with Gasteiger partial charge in [-0.15, -0.1) is 10.2 Å². The van der Waals surface area contributed by atoms with Crippen molar-refractivity contribution in [3.05, 3.63) is 14.4 Å². The Kier molecular flexibility index (Phi) is 4.65. The number of rotatable bonds is 0. The quantitative estimate of drug-likeness (QED) is 0.513. The third kappa shape index (κ3) is 5.16. The van der Waals surface area contributed by atoms with Crippen LogP contribution in [0.4, 0.5) is 0 Å². The van der Waals surface area contributed by atoms with Crippen LogP contribution in [-0.4, -0.2) is 0 Å². The minimum atomic E-state index is -4.94. The largest absolute Gasteiger partial charge is 0.242 e. The van der Waals surface area contributed by atoms with Crippen LogP contribution in [0, 0.1) is 10.2 Å². The van der Waals surface area contributed by atoms with Crippen molar-refractivity contribution in [2.75, 3.05) is 0 Å². The van der Waals surface area contributed by atoms with E-state index in [0.717, 1.165) is 0 Å². The summed E-state index contributed by atoms with van der Waals surface area (Å²) in [6.45, 7) is 0. The van der Waals surface area contributed by atoms with Crippen LogP contribution in [0.5, 0.6) is 0 Å². The lowest BCUT2D eigenvalue weighted by molar-refractivity contribution is -2.00. The Balaban J connectivity index is 0.000000171. The Morgan fingerprint density at radius 1 is 1.14 bits per heavy atom. The molecule has 0 aromatic carbocycles. The zero-order valence-corrected chi connectivity index (χ0v) is 9.62. The van der Waals surface area contributed by atoms with Crippen molar-refractivity contribution in [1.29, 1.82) is 0 Å². The molecule has 80 valence electrons. The molecule has 1 heterocycles. The van der Waals surface area contributed by atoms with Gasteiger partial charge in [0.15, 0.2) is 0 Å². The molecule has 0 spiro atoms. The molecule has 7 heteroatoms. The number of hydrogen-bond acceptors (Lipinski definition) is 5. The Hall–Kier alpha value is 0.180. The molecular formula is C7H9ClO4S2. The molecule has 2 rings (SSSR count). The number of halogens is 1. The maximum atomic E-state index is 8.49. The van der Waals surface area contributed by atoms with E-state index in [1.807, 2.05) is 22.7 Å². The van der Waals surface area contributed by atoms with Gasteiger partial charge in [0, 0.05) is 12.8 Å². The minimum absolute atomic E-state index is 1.35. The summed E-state index contributed by atoms with van der Waals surface area (Å²) in [5, 5.41) is 0. The highest BCUT2D eigenvalue weighted by atomic mass is 35.7. The molecule has 14 heavy (non-hydrogen) atoms. The van der Waals surface area contributed by atoms with Crippen molar-refractivity contribution < 1.29 is 28.9 Å². The van der Waals surface area contributed by atoms with Crippen LogP contribution in [-0.2, 0) is 12.8 Å². The average Bonchev–Trinajstić information content (AvgIpc) is 2.47. The molecule has 0 saturated heterocycles. The standard InChI is InChI=1S/C7H9S2.ClHO4/c1-2-4-7-6(3-1)8-5-9-7;2-1(3,4)5/h5H,1-4H2;(H,2,3,4,5)/q+1;/p-1. The third-order valence-electron chi connectivity index (χ3n) is 1.75. The van der Waals surface area contributed by atoms with Crippen molar-refractivity contribution in [2.45, 2.75) is 25.7 Å². The zero-order valence-electron chi connectivity index (χ0n) is 7.23. The lowest BCUT2D eigenvalue weighted by Gasteiger charge is -2.17. The molecule has 0 bridgehead atoms. The predicted molar refractivity (Wildman–Crippen MR) is 43.2 cm³/mol. The van der Waals surface area contributed by atoms with Crippen molar-refractivity contribution >= 4 is 22.7 Å². The number of fused-ring (bicyclic) bond motifs is 1. The van der Waals surface area contributed by atoms with E-state index in [0.29, 0.717) is 0 Å². The summed E-state index contributed by atoms with van der Waals surface area (Å²) < 4.78 is 36.2. The molecule has 0 atom stereocenters. The van der Waals surface area contributed by atoms with Gasteiger partial charge in [-0.05, 0) is 12.8 Å². The van der Waals surface area contributed by atoms with E-state index in [4.69, 9.17) is 18.6 Å². The van der Waals surface area contributed by atoms with E-state index in [9.17, 15) is 0 Å². The van der Waals surface area contributed by atoms with E-state index < -0.39 is 10.2 Å². The molecule has 1 aliphatic rings. The second-order valence-electron chi connectivity index (χ2n) is 2.76. The van der Waals surface area contributed by atoms with E-state index in [1.54, 1.807) is 9.75 Å². The van der Waals surface area contributed by atoms with Gasteiger partial charge in [0.25, 0.3) is 0 Å². The fraction of sp³-hybridized carbons (Fsp3) is 0.571. The van der Waals surface area contributed by atoms with Gasteiger partial charge in [-0.1, -0.05) is 0 Å². The van der Waals surface area contributed by atoms with Crippen molar-refractivity contribution in [2.24, 2.45) is 0 Å². The van der Waals surface area contributed by atoms with E-state index in [1.165, 1.54) is 25.7 Å². The van der Waals surface area contributed by atoms with Gasteiger partial charge in [-0.2, -0.15) is 0 Å². The molecule has 0 aliphatic heterocycles. The lowest BCUT2D eigenvalue weighted by atomic mass is 10.1. The van der Waals surface area contributed by atoms with Gasteiger partial charge in [-0.3, -0.25) is 0 Å². The first-order valence-electron chi connectivity index (χ1n) is 3.95. The van der Waals surface area contributed by atoms with E-state index in [-0.39, 0.29) is 0 Å². The monoisotopic (exact) mass is 256 g/mol. The SMILES string of the molecule is [O-][Cl+3]([O-])([O-])[O-].c1sc2c([s+]1)CCCC2. The van der Waals surface area contributed by atoms with Crippen molar-refractivity contribution in [1.82, 2.24) is 0 Å². The van der Waals surface area contributed by atoms with Gasteiger partial charge in [0.2, 0.25) is 4.69 Å². The summed E-state index contributed by atoms with van der Waals surface area (Å²) in [5.74, 6) is 0.